The van der Waals surface area contributed by atoms with E-state index in [0.717, 1.165) is 4.47 Å². The second-order valence-electron chi connectivity index (χ2n) is 2.41. The molecule has 0 saturated heterocycles. The third kappa shape index (κ3) is 3.78. The van der Waals surface area contributed by atoms with Crippen LogP contribution < -0.4 is 5.32 Å². The van der Waals surface area contributed by atoms with E-state index in [1.54, 1.807) is 10.9 Å². The third-order valence-electron chi connectivity index (χ3n) is 1.39. The molecule has 0 bridgehead atoms. The minimum atomic E-state index is -0.159. The fraction of sp³-hybridized carbons (Fsp3) is 0.429. The van der Waals surface area contributed by atoms with Crippen molar-refractivity contribution in [2.75, 3.05) is 12.4 Å². The van der Waals surface area contributed by atoms with E-state index in [1.807, 2.05) is 6.20 Å². The zero-order valence-electron chi connectivity index (χ0n) is 6.83. The maximum absolute atomic E-state index is 10.7. The van der Waals surface area contributed by atoms with Gasteiger partial charge in [0.05, 0.1) is 17.2 Å². The summed E-state index contributed by atoms with van der Waals surface area (Å²) in [7, 11) is 0. The molecule has 1 amide bonds. The van der Waals surface area contributed by atoms with Crippen LogP contribution in [0.2, 0.25) is 0 Å². The molecular formula is C7H9BrClN3O. The van der Waals surface area contributed by atoms with Crippen molar-refractivity contribution in [1.29, 1.82) is 0 Å². The molecule has 0 aliphatic rings. The van der Waals surface area contributed by atoms with Gasteiger partial charge in [-0.2, -0.15) is 5.10 Å². The molecule has 6 heteroatoms. The van der Waals surface area contributed by atoms with Crippen LogP contribution >= 0.6 is 27.5 Å². The second kappa shape index (κ2) is 5.24. The van der Waals surface area contributed by atoms with E-state index in [0.29, 0.717) is 13.1 Å². The standard InChI is InChI=1S/C7H9BrClN3O/c8-6-4-11-12(5-6)2-1-10-7(13)3-9/h4-5H,1-3H2,(H,10,13). The van der Waals surface area contributed by atoms with Gasteiger partial charge >= 0.3 is 0 Å². The lowest BCUT2D eigenvalue weighted by Gasteiger charge is -2.02. The van der Waals surface area contributed by atoms with E-state index >= 15 is 0 Å². The first-order valence-electron chi connectivity index (χ1n) is 3.73. The Morgan fingerprint density at radius 3 is 3.08 bits per heavy atom. The van der Waals surface area contributed by atoms with Crippen LogP contribution in [0.4, 0.5) is 0 Å². The summed E-state index contributed by atoms with van der Waals surface area (Å²) in [4.78, 5) is 10.7. The minimum Gasteiger partial charge on any atom is -0.353 e. The quantitative estimate of drug-likeness (QED) is 0.827. The van der Waals surface area contributed by atoms with Crippen LogP contribution in [0.15, 0.2) is 16.9 Å². The number of nitrogens with zero attached hydrogens (tertiary/aromatic N) is 2. The number of carbonyl (C=O) groups is 1. The summed E-state index contributed by atoms with van der Waals surface area (Å²) in [6.07, 6.45) is 3.54. The summed E-state index contributed by atoms with van der Waals surface area (Å²) in [5.41, 5.74) is 0. The predicted octanol–water partition coefficient (Wildman–Crippen LogP) is 1.00. The molecule has 1 N–H and O–H groups in total. The number of amides is 1. The van der Waals surface area contributed by atoms with Crippen LogP contribution in [-0.4, -0.2) is 28.1 Å². The first-order chi connectivity index (χ1) is 6.22. The molecule has 0 atom stereocenters. The third-order valence-corrected chi connectivity index (χ3v) is 2.04. The van der Waals surface area contributed by atoms with Gasteiger partial charge in [-0.15, -0.1) is 11.6 Å². The molecule has 1 aromatic rings. The lowest BCUT2D eigenvalue weighted by atomic mass is 10.6. The predicted molar refractivity (Wildman–Crippen MR) is 53.7 cm³/mol. The van der Waals surface area contributed by atoms with Gasteiger partial charge < -0.3 is 5.32 Å². The molecule has 0 unspecified atom stereocenters. The summed E-state index contributed by atoms with van der Waals surface area (Å²) < 4.78 is 2.66. The van der Waals surface area contributed by atoms with E-state index in [9.17, 15) is 4.79 Å². The molecule has 1 heterocycles. The number of nitrogens with one attached hydrogen (secondary N) is 1. The van der Waals surface area contributed by atoms with E-state index in [1.165, 1.54) is 0 Å². The fourth-order valence-electron chi connectivity index (χ4n) is 0.818. The molecule has 4 nitrogen and oxygen atoms in total. The topological polar surface area (TPSA) is 46.9 Å². The number of hydrogen-bond donors (Lipinski definition) is 1. The molecule has 1 rings (SSSR count). The summed E-state index contributed by atoms with van der Waals surface area (Å²) in [5.74, 6) is -0.157. The molecule has 0 spiro atoms. The first kappa shape index (κ1) is 10.5. The van der Waals surface area contributed by atoms with E-state index in [-0.39, 0.29) is 11.8 Å². The van der Waals surface area contributed by atoms with Gasteiger partial charge in [-0.3, -0.25) is 9.48 Å². The molecule has 0 saturated carbocycles. The molecule has 0 aliphatic heterocycles. The Hall–Kier alpha value is -0.550. The molecule has 72 valence electrons. The first-order valence-corrected chi connectivity index (χ1v) is 5.05. The summed E-state index contributed by atoms with van der Waals surface area (Å²) in [6, 6.07) is 0. The lowest BCUT2D eigenvalue weighted by molar-refractivity contribution is -0.118. The molecule has 0 radical (unpaired) electrons. The Balaban J connectivity index is 2.24. The Morgan fingerprint density at radius 2 is 2.54 bits per heavy atom. The van der Waals surface area contributed by atoms with Gasteiger partial charge in [0, 0.05) is 12.7 Å². The SMILES string of the molecule is O=C(CCl)NCCn1cc(Br)cn1. The highest BCUT2D eigenvalue weighted by Gasteiger charge is 1.98. The van der Waals surface area contributed by atoms with Gasteiger partial charge in [-0.05, 0) is 15.9 Å². The number of rotatable bonds is 4. The van der Waals surface area contributed by atoms with Gasteiger partial charge in [0.2, 0.25) is 5.91 Å². The number of carbonyl (C=O) groups excluding carboxylic acids is 1. The largest absolute Gasteiger partial charge is 0.353 e. The van der Waals surface area contributed by atoms with Crippen LogP contribution in [0.25, 0.3) is 0 Å². The van der Waals surface area contributed by atoms with Crippen molar-refractivity contribution < 1.29 is 4.79 Å². The molecule has 1 aromatic heterocycles. The number of aromatic nitrogens is 2. The number of hydrogen-bond acceptors (Lipinski definition) is 2. The van der Waals surface area contributed by atoms with Gasteiger partial charge in [-0.1, -0.05) is 0 Å². The lowest BCUT2D eigenvalue weighted by Crippen LogP contribution is -2.28. The van der Waals surface area contributed by atoms with E-state index < -0.39 is 0 Å². The highest BCUT2D eigenvalue weighted by molar-refractivity contribution is 9.10. The molecule has 0 fully saturated rings. The highest BCUT2D eigenvalue weighted by atomic mass is 79.9. The van der Waals surface area contributed by atoms with Crippen molar-refractivity contribution >= 4 is 33.4 Å². The van der Waals surface area contributed by atoms with Crippen LogP contribution in [0.5, 0.6) is 0 Å². The Bertz CT molecular complexity index is 289. The number of halogens is 2. The van der Waals surface area contributed by atoms with Crippen LogP contribution in [0.1, 0.15) is 0 Å². The molecule has 0 aliphatic carbocycles. The summed E-state index contributed by atoms with van der Waals surface area (Å²) >= 11 is 8.57. The van der Waals surface area contributed by atoms with Crippen molar-refractivity contribution in [3.05, 3.63) is 16.9 Å². The summed E-state index contributed by atoms with van der Waals surface area (Å²) in [5, 5.41) is 6.67. The van der Waals surface area contributed by atoms with E-state index in [2.05, 4.69) is 26.3 Å². The number of alkyl halides is 1. The van der Waals surface area contributed by atoms with Crippen molar-refractivity contribution in [2.24, 2.45) is 0 Å². The summed E-state index contributed by atoms with van der Waals surface area (Å²) in [6.45, 7) is 1.19. The van der Waals surface area contributed by atoms with Crippen LogP contribution in [0, 0.1) is 0 Å². The maximum Gasteiger partial charge on any atom is 0.234 e. The van der Waals surface area contributed by atoms with Crippen molar-refractivity contribution in [3.8, 4) is 0 Å². The van der Waals surface area contributed by atoms with Gasteiger partial charge in [0.1, 0.15) is 5.88 Å². The zero-order valence-corrected chi connectivity index (χ0v) is 9.18. The van der Waals surface area contributed by atoms with Crippen molar-refractivity contribution in [1.82, 2.24) is 15.1 Å². The molecule has 13 heavy (non-hydrogen) atoms. The zero-order chi connectivity index (χ0) is 9.68. The van der Waals surface area contributed by atoms with Gasteiger partial charge in [0.15, 0.2) is 0 Å². The minimum absolute atomic E-state index is 0.00278. The Morgan fingerprint density at radius 1 is 1.77 bits per heavy atom. The molecule has 0 aromatic carbocycles. The van der Waals surface area contributed by atoms with Crippen molar-refractivity contribution in [3.63, 3.8) is 0 Å². The Labute approximate surface area is 89.4 Å². The average molecular weight is 267 g/mol. The van der Waals surface area contributed by atoms with Gasteiger partial charge in [-0.25, -0.2) is 0 Å². The maximum atomic E-state index is 10.7. The van der Waals surface area contributed by atoms with Crippen molar-refractivity contribution in [2.45, 2.75) is 6.54 Å². The van der Waals surface area contributed by atoms with Crippen LogP contribution in [-0.2, 0) is 11.3 Å². The Kier molecular flexibility index (Phi) is 4.24. The smallest absolute Gasteiger partial charge is 0.234 e. The average Bonchev–Trinajstić information content (AvgIpc) is 2.51. The van der Waals surface area contributed by atoms with Gasteiger partial charge in [0.25, 0.3) is 0 Å². The van der Waals surface area contributed by atoms with E-state index in [4.69, 9.17) is 11.6 Å². The van der Waals surface area contributed by atoms with Crippen LogP contribution in [0.3, 0.4) is 0 Å². The second-order valence-corrected chi connectivity index (χ2v) is 3.59. The fourth-order valence-corrected chi connectivity index (χ4v) is 1.24. The molecular weight excluding hydrogens is 257 g/mol. The highest BCUT2D eigenvalue weighted by Crippen LogP contribution is 2.05. The normalized spacial score (nSPS) is 10.0. The monoisotopic (exact) mass is 265 g/mol.